The highest BCUT2D eigenvalue weighted by Gasteiger charge is 2.30. The first-order valence-corrected chi connectivity index (χ1v) is 10.0. The summed E-state index contributed by atoms with van der Waals surface area (Å²) < 4.78 is 53.4. The number of H-pyrrole nitrogens is 1. The summed E-state index contributed by atoms with van der Waals surface area (Å²) in [5.74, 6) is -1.13. The Balaban J connectivity index is 1.47. The van der Waals surface area contributed by atoms with Gasteiger partial charge in [0, 0.05) is 56.3 Å². The average molecular weight is 405 g/mol. The van der Waals surface area contributed by atoms with E-state index in [1.54, 1.807) is 12.4 Å². The Bertz CT molecular complexity index is 1060. The van der Waals surface area contributed by atoms with Crippen LogP contribution in [0.15, 0.2) is 53.7 Å². The van der Waals surface area contributed by atoms with Crippen molar-refractivity contribution in [2.24, 2.45) is 0 Å². The fraction of sp³-hybridized carbons (Fsp3) is 0.222. The van der Waals surface area contributed by atoms with E-state index in [9.17, 15) is 17.2 Å². The molecule has 0 bridgehead atoms. The van der Waals surface area contributed by atoms with E-state index in [2.05, 4.69) is 15.2 Å². The minimum Gasteiger partial charge on any atom is -0.352 e. The molecule has 1 aromatic carbocycles. The van der Waals surface area contributed by atoms with Gasteiger partial charge in [-0.2, -0.15) is 9.40 Å². The molecular formula is C18H17F2N5O2S. The predicted octanol–water partition coefficient (Wildman–Crippen LogP) is 2.26. The zero-order valence-corrected chi connectivity index (χ0v) is 15.5. The third-order valence-corrected chi connectivity index (χ3v) is 6.47. The number of benzene rings is 1. The number of aromatic nitrogens is 3. The smallest absolute Gasteiger partial charge is 0.243 e. The summed E-state index contributed by atoms with van der Waals surface area (Å²) in [5, 5.41) is 7.26. The molecular weight excluding hydrogens is 388 g/mol. The maximum absolute atomic E-state index is 13.4. The van der Waals surface area contributed by atoms with Gasteiger partial charge in [-0.15, -0.1) is 0 Å². The summed E-state index contributed by atoms with van der Waals surface area (Å²) in [6.07, 6.45) is 3.38. The van der Waals surface area contributed by atoms with Crippen LogP contribution in [0.4, 0.5) is 14.6 Å². The molecule has 0 aliphatic carbocycles. The quantitative estimate of drug-likeness (QED) is 0.720. The lowest BCUT2D eigenvalue weighted by molar-refractivity contribution is 0.383. The van der Waals surface area contributed by atoms with Crippen molar-refractivity contribution in [3.63, 3.8) is 0 Å². The largest absolute Gasteiger partial charge is 0.352 e. The van der Waals surface area contributed by atoms with E-state index < -0.39 is 21.7 Å². The van der Waals surface area contributed by atoms with Crippen molar-refractivity contribution in [1.29, 1.82) is 0 Å². The number of hydrogen-bond donors (Lipinski definition) is 1. The van der Waals surface area contributed by atoms with E-state index in [-0.39, 0.29) is 18.0 Å². The van der Waals surface area contributed by atoms with E-state index in [4.69, 9.17) is 0 Å². The summed E-state index contributed by atoms with van der Waals surface area (Å²) in [5.41, 5.74) is 1.78. The topological polar surface area (TPSA) is 82.2 Å². The summed E-state index contributed by atoms with van der Waals surface area (Å²) in [6.45, 7) is 1.21. The van der Waals surface area contributed by atoms with Gasteiger partial charge in [-0.25, -0.2) is 17.2 Å². The molecule has 0 unspecified atom stereocenters. The number of halogens is 2. The number of anilines is 1. The maximum Gasteiger partial charge on any atom is 0.243 e. The molecule has 2 aromatic heterocycles. The third-order valence-electron chi connectivity index (χ3n) is 4.59. The Morgan fingerprint density at radius 2 is 1.57 bits per heavy atom. The highest BCUT2D eigenvalue weighted by atomic mass is 32.2. The van der Waals surface area contributed by atoms with E-state index in [0.717, 1.165) is 23.4 Å². The van der Waals surface area contributed by atoms with Crippen molar-refractivity contribution in [3.8, 4) is 11.3 Å². The Morgan fingerprint density at radius 3 is 2.21 bits per heavy atom. The molecule has 0 atom stereocenters. The van der Waals surface area contributed by atoms with Crippen LogP contribution in [0.5, 0.6) is 0 Å². The average Bonchev–Trinajstić information content (AvgIpc) is 3.18. The van der Waals surface area contributed by atoms with Crippen LogP contribution in [-0.4, -0.2) is 54.1 Å². The first-order valence-electron chi connectivity index (χ1n) is 8.60. The minimum atomic E-state index is -3.96. The molecule has 1 saturated heterocycles. The lowest BCUT2D eigenvalue weighted by Gasteiger charge is -2.34. The van der Waals surface area contributed by atoms with Gasteiger partial charge in [-0.05, 0) is 24.3 Å². The van der Waals surface area contributed by atoms with Crippen molar-refractivity contribution >= 4 is 15.8 Å². The van der Waals surface area contributed by atoms with Gasteiger partial charge >= 0.3 is 0 Å². The van der Waals surface area contributed by atoms with Crippen molar-refractivity contribution < 1.29 is 17.2 Å². The highest BCUT2D eigenvalue weighted by molar-refractivity contribution is 7.89. The van der Waals surface area contributed by atoms with Crippen LogP contribution in [0.3, 0.4) is 0 Å². The van der Waals surface area contributed by atoms with Crippen molar-refractivity contribution in [1.82, 2.24) is 19.5 Å². The Labute approximate surface area is 160 Å². The van der Waals surface area contributed by atoms with Crippen molar-refractivity contribution in [2.75, 3.05) is 31.1 Å². The molecule has 28 heavy (non-hydrogen) atoms. The molecule has 0 saturated carbocycles. The Hall–Kier alpha value is -2.85. The molecule has 4 rings (SSSR count). The highest BCUT2D eigenvalue weighted by Crippen LogP contribution is 2.24. The first kappa shape index (κ1) is 18.5. The number of sulfonamides is 1. The summed E-state index contributed by atoms with van der Waals surface area (Å²) >= 11 is 0. The van der Waals surface area contributed by atoms with Gasteiger partial charge in [-0.3, -0.25) is 10.1 Å². The number of nitrogens with one attached hydrogen (secondary N) is 1. The third kappa shape index (κ3) is 3.60. The van der Waals surface area contributed by atoms with Gasteiger partial charge in [0.1, 0.15) is 11.6 Å². The molecule has 3 aromatic rings. The van der Waals surface area contributed by atoms with E-state index >= 15 is 0 Å². The molecule has 1 fully saturated rings. The normalized spacial score (nSPS) is 15.7. The molecule has 0 spiro atoms. The summed E-state index contributed by atoms with van der Waals surface area (Å²) in [4.78, 5) is 5.56. The van der Waals surface area contributed by atoms with Crippen LogP contribution in [0, 0.1) is 11.6 Å². The van der Waals surface area contributed by atoms with Gasteiger partial charge in [0.15, 0.2) is 5.82 Å². The van der Waals surface area contributed by atoms with Gasteiger partial charge in [0.05, 0.1) is 10.6 Å². The van der Waals surface area contributed by atoms with E-state index in [1.807, 2.05) is 23.1 Å². The standard InChI is InChI=1S/C18H17F2N5O2S/c19-14-9-15(20)11-16(10-14)28(26,27)25-7-5-24(6-8-25)18-12-17(22-23-18)13-1-3-21-4-2-13/h1-4,9-12H,5-8H2,(H,22,23). The zero-order chi connectivity index (χ0) is 19.7. The second-order valence-corrected chi connectivity index (χ2v) is 8.31. The van der Waals surface area contributed by atoms with E-state index in [0.29, 0.717) is 25.0 Å². The molecule has 1 aliphatic rings. The number of piperazine rings is 1. The summed E-state index contributed by atoms with van der Waals surface area (Å²) in [6, 6.07) is 7.93. The van der Waals surface area contributed by atoms with Crippen molar-refractivity contribution in [2.45, 2.75) is 4.90 Å². The van der Waals surface area contributed by atoms with Gasteiger partial charge < -0.3 is 4.90 Å². The Morgan fingerprint density at radius 1 is 0.929 bits per heavy atom. The van der Waals surface area contributed by atoms with Gasteiger partial charge in [0.25, 0.3) is 0 Å². The lowest BCUT2D eigenvalue weighted by atomic mass is 10.2. The monoisotopic (exact) mass is 405 g/mol. The van der Waals surface area contributed by atoms with Crippen LogP contribution in [0.1, 0.15) is 0 Å². The first-order chi connectivity index (χ1) is 13.4. The molecule has 3 heterocycles. The van der Waals surface area contributed by atoms with Crippen LogP contribution >= 0.6 is 0 Å². The fourth-order valence-electron chi connectivity index (χ4n) is 3.14. The second kappa shape index (κ2) is 7.28. The predicted molar refractivity (Wildman–Crippen MR) is 99.1 cm³/mol. The molecule has 7 nitrogen and oxygen atoms in total. The molecule has 146 valence electrons. The number of pyridine rings is 1. The molecule has 1 N–H and O–H groups in total. The maximum atomic E-state index is 13.4. The second-order valence-electron chi connectivity index (χ2n) is 6.37. The molecule has 1 aliphatic heterocycles. The van der Waals surface area contributed by atoms with Gasteiger partial charge in [0.2, 0.25) is 10.0 Å². The number of rotatable bonds is 4. The molecule has 0 amide bonds. The van der Waals surface area contributed by atoms with Crippen LogP contribution < -0.4 is 4.90 Å². The van der Waals surface area contributed by atoms with Crippen LogP contribution in [0.2, 0.25) is 0 Å². The molecule has 0 radical (unpaired) electrons. The van der Waals surface area contributed by atoms with Crippen LogP contribution in [-0.2, 0) is 10.0 Å². The van der Waals surface area contributed by atoms with Gasteiger partial charge in [-0.1, -0.05) is 0 Å². The number of nitrogens with zero attached hydrogens (tertiary/aromatic N) is 4. The molecule has 10 heteroatoms. The SMILES string of the molecule is O=S(=O)(c1cc(F)cc(F)c1)N1CCN(c2cc(-c3ccncc3)[nH]n2)CC1. The zero-order valence-electron chi connectivity index (χ0n) is 14.7. The van der Waals surface area contributed by atoms with Crippen molar-refractivity contribution in [3.05, 3.63) is 60.4 Å². The number of hydrogen-bond acceptors (Lipinski definition) is 5. The van der Waals surface area contributed by atoms with Crippen LogP contribution in [0.25, 0.3) is 11.3 Å². The lowest BCUT2D eigenvalue weighted by Crippen LogP contribution is -2.48. The van der Waals surface area contributed by atoms with E-state index in [1.165, 1.54) is 4.31 Å². The minimum absolute atomic E-state index is 0.192. The fourth-order valence-corrected chi connectivity index (χ4v) is 4.60. The number of aromatic amines is 1. The Kier molecular flexibility index (Phi) is 4.82. The summed E-state index contributed by atoms with van der Waals surface area (Å²) in [7, 11) is -3.96.